The summed E-state index contributed by atoms with van der Waals surface area (Å²) in [6.07, 6.45) is 6.88. The molecule has 0 N–H and O–H groups in total. The van der Waals surface area contributed by atoms with Gasteiger partial charge < -0.3 is 0 Å². The molecule has 2 atom stereocenters. The fourth-order valence-electron chi connectivity index (χ4n) is 3.36. The Hall–Kier alpha value is -2.79. The van der Waals surface area contributed by atoms with E-state index in [1.165, 1.54) is 25.6 Å². The second-order valence-electron chi connectivity index (χ2n) is 7.02. The second-order valence-corrected chi connectivity index (χ2v) is 10.6. The van der Waals surface area contributed by atoms with Crippen molar-refractivity contribution in [2.24, 2.45) is 0 Å². The summed E-state index contributed by atoms with van der Waals surface area (Å²) < 4.78 is 66.3. The predicted molar refractivity (Wildman–Crippen MR) is 109 cm³/mol. The van der Waals surface area contributed by atoms with E-state index in [1.807, 2.05) is 0 Å². The predicted octanol–water partition coefficient (Wildman–Crippen LogP) is 2.98. The first-order valence-electron chi connectivity index (χ1n) is 8.75. The third kappa shape index (κ3) is 3.27. The zero-order valence-electron chi connectivity index (χ0n) is 15.9. The van der Waals surface area contributed by atoms with Crippen LogP contribution in [-0.4, -0.2) is 42.6 Å². The maximum absolute atomic E-state index is 14.5. The molecule has 30 heavy (non-hydrogen) atoms. The van der Waals surface area contributed by atoms with E-state index in [4.69, 9.17) is 0 Å². The number of nitrogens with zero attached hydrogens (tertiary/aromatic N) is 4. The highest BCUT2D eigenvalue weighted by molar-refractivity contribution is 7.91. The minimum absolute atomic E-state index is 0.0817. The third-order valence-electron chi connectivity index (χ3n) is 4.83. The van der Waals surface area contributed by atoms with E-state index < -0.39 is 37.2 Å². The van der Waals surface area contributed by atoms with Crippen molar-refractivity contribution in [3.8, 4) is 0 Å². The van der Waals surface area contributed by atoms with Crippen molar-refractivity contribution < 1.29 is 21.4 Å². The highest BCUT2D eigenvalue weighted by Crippen LogP contribution is 2.39. The van der Waals surface area contributed by atoms with Gasteiger partial charge in [0.1, 0.15) is 10.6 Å². The minimum atomic E-state index is -4.15. The van der Waals surface area contributed by atoms with Gasteiger partial charge in [-0.05, 0) is 37.3 Å². The molecule has 0 amide bonds. The van der Waals surface area contributed by atoms with Crippen molar-refractivity contribution in [2.45, 2.75) is 23.1 Å². The van der Waals surface area contributed by atoms with E-state index in [-0.39, 0.29) is 28.5 Å². The zero-order valence-corrected chi connectivity index (χ0v) is 17.5. The summed E-state index contributed by atoms with van der Waals surface area (Å²) in [5.74, 6) is -1.73. The number of rotatable bonds is 4. The van der Waals surface area contributed by atoms with E-state index in [1.54, 1.807) is 18.2 Å². The molecule has 7 nitrogen and oxygen atoms in total. The molecule has 4 rings (SSSR count). The van der Waals surface area contributed by atoms with Gasteiger partial charge in [0.15, 0.2) is 22.3 Å². The van der Waals surface area contributed by atoms with E-state index in [0.717, 1.165) is 22.3 Å². The smallest absolute Gasteiger partial charge is 0.249 e. The molecule has 0 fully saturated rings. The maximum Gasteiger partial charge on any atom is 0.249 e. The van der Waals surface area contributed by atoms with Crippen LogP contribution < -0.4 is 0 Å². The molecule has 1 aliphatic rings. The van der Waals surface area contributed by atoms with E-state index in [9.17, 15) is 21.4 Å². The van der Waals surface area contributed by atoms with E-state index >= 15 is 0 Å². The number of hydrogen-bond donors (Lipinski definition) is 0. The van der Waals surface area contributed by atoms with Crippen LogP contribution in [0.25, 0.3) is 16.6 Å². The topological polar surface area (TPSA) is 94.8 Å². The second kappa shape index (κ2) is 7.17. The van der Waals surface area contributed by atoms with Crippen molar-refractivity contribution >= 4 is 37.4 Å². The Kier molecular flexibility index (Phi) is 4.89. The molecule has 1 aliphatic carbocycles. The van der Waals surface area contributed by atoms with Crippen molar-refractivity contribution in [2.75, 3.05) is 6.26 Å². The SMILES string of the molecule is CS(=O)c1nc(C2=CC(F)=CC(C)(S(=O)(=O)n3ccc4cccnc43)C2)ncc1F. The van der Waals surface area contributed by atoms with Crippen LogP contribution in [0.2, 0.25) is 0 Å². The standard InChI is InChI=1S/C19H16F2N4O3S2/c1-19(30(27,28)25-7-5-12-4-3-6-22-17(12)25)9-13(8-14(20)10-19)16-23-11-15(21)18(24-16)29(2)26/h3-8,10-11H,9H2,1-2H3. The van der Waals surface area contributed by atoms with Gasteiger partial charge in [0, 0.05) is 36.0 Å². The Balaban J connectivity index is 1.80. The van der Waals surface area contributed by atoms with Gasteiger partial charge in [0.05, 0.1) is 17.0 Å². The number of fused-ring (bicyclic) bond motifs is 1. The lowest BCUT2D eigenvalue weighted by molar-refractivity contribution is 0.545. The Morgan fingerprint density at radius 2 is 2.00 bits per heavy atom. The summed E-state index contributed by atoms with van der Waals surface area (Å²) in [7, 11) is -5.88. The number of allylic oxidation sites excluding steroid dienone is 3. The van der Waals surface area contributed by atoms with Gasteiger partial charge in [0.25, 0.3) is 0 Å². The monoisotopic (exact) mass is 450 g/mol. The fourth-order valence-corrected chi connectivity index (χ4v) is 5.55. The van der Waals surface area contributed by atoms with Crippen LogP contribution in [0, 0.1) is 5.82 Å². The number of hydrogen-bond acceptors (Lipinski definition) is 6. The average molecular weight is 450 g/mol. The highest BCUT2D eigenvalue weighted by Gasteiger charge is 2.43. The first-order chi connectivity index (χ1) is 14.1. The first-order valence-corrected chi connectivity index (χ1v) is 11.7. The van der Waals surface area contributed by atoms with E-state index in [2.05, 4.69) is 15.0 Å². The van der Waals surface area contributed by atoms with Crippen LogP contribution in [0.4, 0.5) is 8.78 Å². The molecule has 2 unspecified atom stereocenters. The Bertz CT molecular complexity index is 1370. The summed E-state index contributed by atoms with van der Waals surface area (Å²) in [6.45, 7) is 1.38. The molecule has 0 bridgehead atoms. The molecule has 3 aromatic heterocycles. The van der Waals surface area contributed by atoms with Crippen molar-refractivity contribution in [3.05, 3.63) is 66.4 Å². The molecule has 0 saturated carbocycles. The quantitative estimate of drug-likeness (QED) is 0.567. The Morgan fingerprint density at radius 1 is 1.23 bits per heavy atom. The first kappa shape index (κ1) is 20.5. The normalized spacial score (nSPS) is 20.7. The largest absolute Gasteiger partial charge is 0.253 e. The molecular formula is C19H16F2N4O3S2. The van der Waals surface area contributed by atoms with Crippen LogP contribution in [0.3, 0.4) is 0 Å². The fraction of sp³-hybridized carbons (Fsp3) is 0.211. The highest BCUT2D eigenvalue weighted by atomic mass is 32.2. The van der Waals surface area contributed by atoms with Crippen LogP contribution in [0.1, 0.15) is 19.2 Å². The Labute approximate surface area is 173 Å². The summed E-state index contributed by atoms with van der Waals surface area (Å²) in [4.78, 5) is 11.9. The molecule has 156 valence electrons. The molecule has 3 heterocycles. The molecule has 11 heteroatoms. The van der Waals surface area contributed by atoms with Crippen molar-refractivity contribution in [1.29, 1.82) is 0 Å². The zero-order chi connectivity index (χ0) is 21.7. The molecule has 0 aliphatic heterocycles. The van der Waals surface area contributed by atoms with Crippen LogP contribution in [0.15, 0.2) is 59.8 Å². The summed E-state index contributed by atoms with van der Waals surface area (Å²) in [6, 6.07) is 5.01. The van der Waals surface area contributed by atoms with Crippen LogP contribution in [0.5, 0.6) is 0 Å². The Morgan fingerprint density at radius 3 is 2.73 bits per heavy atom. The molecule has 0 aromatic carbocycles. The lowest BCUT2D eigenvalue weighted by atomic mass is 9.94. The molecule has 0 saturated heterocycles. The van der Waals surface area contributed by atoms with Crippen molar-refractivity contribution in [3.63, 3.8) is 0 Å². The number of halogens is 2. The van der Waals surface area contributed by atoms with Gasteiger partial charge in [-0.25, -0.2) is 36.1 Å². The third-order valence-corrected chi connectivity index (χ3v) is 7.92. The molecule has 0 radical (unpaired) electrons. The number of aromatic nitrogens is 4. The van der Waals surface area contributed by atoms with Gasteiger partial charge in [-0.15, -0.1) is 0 Å². The van der Waals surface area contributed by atoms with Gasteiger partial charge in [-0.1, -0.05) is 0 Å². The summed E-state index contributed by atoms with van der Waals surface area (Å²) in [5, 5.41) is 0.290. The average Bonchev–Trinajstić information content (AvgIpc) is 3.12. The van der Waals surface area contributed by atoms with Crippen molar-refractivity contribution in [1.82, 2.24) is 18.9 Å². The lowest BCUT2D eigenvalue weighted by Gasteiger charge is -2.30. The van der Waals surface area contributed by atoms with Crippen LogP contribution >= 0.6 is 0 Å². The summed E-state index contributed by atoms with van der Waals surface area (Å²) in [5.41, 5.74) is 0.377. The van der Waals surface area contributed by atoms with Gasteiger partial charge in [-0.3, -0.25) is 4.21 Å². The number of pyridine rings is 1. The van der Waals surface area contributed by atoms with Gasteiger partial charge >= 0.3 is 0 Å². The van der Waals surface area contributed by atoms with E-state index in [0.29, 0.717) is 5.39 Å². The van der Waals surface area contributed by atoms with Crippen LogP contribution in [-0.2, 0) is 20.8 Å². The maximum atomic E-state index is 14.5. The lowest BCUT2D eigenvalue weighted by Crippen LogP contribution is -2.39. The molecule has 0 spiro atoms. The molecular weight excluding hydrogens is 434 g/mol. The van der Waals surface area contributed by atoms with Gasteiger partial charge in [0.2, 0.25) is 10.0 Å². The molecule has 3 aromatic rings. The van der Waals surface area contributed by atoms with Gasteiger partial charge in [-0.2, -0.15) is 0 Å². The minimum Gasteiger partial charge on any atom is -0.253 e. The summed E-state index contributed by atoms with van der Waals surface area (Å²) >= 11 is 0.